The third kappa shape index (κ3) is 2.05. The molecule has 0 spiro atoms. The molecular weight excluding hydrogens is 136 g/mol. The predicted octanol–water partition coefficient (Wildman–Crippen LogP) is 2.34. The minimum Gasteiger partial charge on any atom is -0.299 e. The van der Waals surface area contributed by atoms with Gasteiger partial charge in [-0.1, -0.05) is 20.8 Å². The maximum absolute atomic E-state index is 11.4. The average Bonchev–Trinajstić information content (AvgIpc) is 1.85. The Bertz CT molecular complexity index is 149. The van der Waals surface area contributed by atoms with Crippen LogP contribution in [0.2, 0.25) is 0 Å². The summed E-state index contributed by atoms with van der Waals surface area (Å²) in [4.78, 5) is 11.4. The summed E-state index contributed by atoms with van der Waals surface area (Å²) in [6, 6.07) is 0. The molecule has 2 atom stereocenters. The van der Waals surface area contributed by atoms with Gasteiger partial charge in [-0.25, -0.2) is 0 Å². The largest absolute Gasteiger partial charge is 0.299 e. The minimum atomic E-state index is 0.117. The molecule has 0 aliphatic heterocycles. The van der Waals surface area contributed by atoms with Gasteiger partial charge in [0.25, 0.3) is 0 Å². The van der Waals surface area contributed by atoms with Crippen LogP contribution in [0.4, 0.5) is 0 Å². The highest BCUT2D eigenvalue weighted by Gasteiger charge is 2.28. The minimum absolute atomic E-state index is 0.117. The molecule has 0 aromatic heterocycles. The van der Waals surface area contributed by atoms with Gasteiger partial charge in [-0.2, -0.15) is 0 Å². The second kappa shape index (κ2) is 3.38. The molecule has 0 saturated heterocycles. The first-order chi connectivity index (χ1) is 5.11. The lowest BCUT2D eigenvalue weighted by Gasteiger charge is -2.26. The monoisotopic (exact) mass is 152 g/mol. The summed E-state index contributed by atoms with van der Waals surface area (Å²) >= 11 is 0. The molecule has 1 nitrogen and oxygen atoms in total. The summed E-state index contributed by atoms with van der Waals surface area (Å²) < 4.78 is 0. The van der Waals surface area contributed by atoms with Crippen LogP contribution >= 0.6 is 0 Å². The van der Waals surface area contributed by atoms with Crippen molar-refractivity contribution in [3.63, 3.8) is 0 Å². The summed E-state index contributed by atoms with van der Waals surface area (Å²) in [5.74, 6) is 1.47. The van der Waals surface area contributed by atoms with Crippen molar-refractivity contribution in [2.24, 2.45) is 17.8 Å². The lowest BCUT2D eigenvalue weighted by molar-refractivity contribution is -0.125. The molecule has 0 aromatic rings. The third-order valence-corrected chi connectivity index (χ3v) is 2.25. The van der Waals surface area contributed by atoms with Crippen molar-refractivity contribution in [1.29, 1.82) is 0 Å². The third-order valence-electron chi connectivity index (χ3n) is 2.25. The van der Waals surface area contributed by atoms with Crippen molar-refractivity contribution in [3.8, 4) is 0 Å². The number of ketones is 1. The van der Waals surface area contributed by atoms with E-state index in [4.69, 9.17) is 0 Å². The van der Waals surface area contributed by atoms with E-state index in [9.17, 15) is 4.79 Å². The molecule has 1 heteroatoms. The summed E-state index contributed by atoms with van der Waals surface area (Å²) in [6.45, 7) is 6.29. The van der Waals surface area contributed by atoms with E-state index in [1.54, 1.807) is 0 Å². The van der Waals surface area contributed by atoms with Gasteiger partial charge in [0.1, 0.15) is 5.78 Å². The molecule has 0 aromatic carbocycles. The van der Waals surface area contributed by atoms with Crippen molar-refractivity contribution in [3.05, 3.63) is 6.42 Å². The van der Waals surface area contributed by atoms with Gasteiger partial charge in [-0.3, -0.25) is 4.79 Å². The van der Waals surface area contributed by atoms with E-state index in [0.717, 1.165) is 12.8 Å². The quantitative estimate of drug-likeness (QED) is 0.563. The normalized spacial score (nSPS) is 32.9. The van der Waals surface area contributed by atoms with Gasteiger partial charge in [0.15, 0.2) is 0 Å². The van der Waals surface area contributed by atoms with Crippen LogP contribution in [0.15, 0.2) is 0 Å². The molecule has 1 rings (SSSR count). The molecule has 2 radical (unpaired) electrons. The summed E-state index contributed by atoms with van der Waals surface area (Å²) in [7, 11) is 0. The summed E-state index contributed by atoms with van der Waals surface area (Å²) in [5, 5.41) is 0. The molecule has 0 heterocycles. The first-order valence-electron chi connectivity index (χ1n) is 4.37. The van der Waals surface area contributed by atoms with Crippen molar-refractivity contribution in [2.45, 2.75) is 33.6 Å². The van der Waals surface area contributed by atoms with Crippen molar-refractivity contribution in [2.75, 3.05) is 0 Å². The molecule has 0 bridgehead atoms. The van der Waals surface area contributed by atoms with Crippen molar-refractivity contribution in [1.82, 2.24) is 0 Å². The lowest BCUT2D eigenvalue weighted by atomic mass is 9.77. The fourth-order valence-corrected chi connectivity index (χ4v) is 1.59. The van der Waals surface area contributed by atoms with Gasteiger partial charge < -0.3 is 0 Å². The molecule has 1 aliphatic carbocycles. The van der Waals surface area contributed by atoms with E-state index >= 15 is 0 Å². The number of carbonyl (C=O) groups excluding carboxylic acids is 1. The van der Waals surface area contributed by atoms with Gasteiger partial charge >= 0.3 is 0 Å². The van der Waals surface area contributed by atoms with Gasteiger partial charge in [-0.05, 0) is 24.7 Å². The van der Waals surface area contributed by atoms with Gasteiger partial charge in [0.05, 0.1) is 0 Å². The standard InChI is InChI=1S/C10H16O/c1-7(2)9-5-4-8(3)6-10(9)11/h7-9H,4,6H2,1-3H3. The topological polar surface area (TPSA) is 17.1 Å². The highest BCUT2D eigenvalue weighted by Crippen LogP contribution is 2.29. The van der Waals surface area contributed by atoms with E-state index in [1.807, 2.05) is 0 Å². The zero-order valence-corrected chi connectivity index (χ0v) is 7.55. The first-order valence-corrected chi connectivity index (χ1v) is 4.37. The predicted molar refractivity (Wildman–Crippen MR) is 45.0 cm³/mol. The van der Waals surface area contributed by atoms with Crippen LogP contribution in [-0.4, -0.2) is 5.78 Å². The molecule has 1 fully saturated rings. The van der Waals surface area contributed by atoms with Crippen LogP contribution in [0.25, 0.3) is 0 Å². The second-order valence-electron chi connectivity index (χ2n) is 3.91. The molecule has 11 heavy (non-hydrogen) atoms. The molecule has 0 N–H and O–H groups in total. The van der Waals surface area contributed by atoms with E-state index in [0.29, 0.717) is 17.6 Å². The Morgan fingerprint density at radius 1 is 1.55 bits per heavy atom. The Kier molecular flexibility index (Phi) is 2.69. The van der Waals surface area contributed by atoms with E-state index in [1.165, 1.54) is 0 Å². The molecule has 1 saturated carbocycles. The maximum Gasteiger partial charge on any atom is 0.137 e. The Labute approximate surface area is 69.2 Å². The number of hydrogen-bond donors (Lipinski definition) is 0. The molecule has 2 unspecified atom stereocenters. The van der Waals surface area contributed by atoms with Crippen LogP contribution in [0, 0.1) is 24.2 Å². The Balaban J connectivity index is 2.51. The number of Topliss-reactive ketones (excluding diaryl/α,β-unsaturated/α-hetero) is 1. The SMILES string of the molecule is CC1C[C]C(C(C)C)C(=O)C1. The number of hydrogen-bond acceptors (Lipinski definition) is 1. The van der Waals surface area contributed by atoms with E-state index < -0.39 is 0 Å². The highest BCUT2D eigenvalue weighted by atomic mass is 16.1. The maximum atomic E-state index is 11.4. The van der Waals surface area contributed by atoms with Gasteiger partial charge in [0.2, 0.25) is 0 Å². The number of carbonyl (C=O) groups is 1. The zero-order valence-electron chi connectivity index (χ0n) is 7.55. The fraction of sp³-hybridized carbons (Fsp3) is 0.800. The Morgan fingerprint density at radius 2 is 2.18 bits per heavy atom. The molecule has 0 amide bonds. The summed E-state index contributed by atoms with van der Waals surface area (Å²) in [5.41, 5.74) is 0. The Hall–Kier alpha value is -0.330. The Morgan fingerprint density at radius 3 is 2.64 bits per heavy atom. The van der Waals surface area contributed by atoms with Crippen LogP contribution in [0.3, 0.4) is 0 Å². The van der Waals surface area contributed by atoms with E-state index in [-0.39, 0.29) is 5.92 Å². The molecular formula is C10H16O. The van der Waals surface area contributed by atoms with Gasteiger partial charge in [0, 0.05) is 12.3 Å². The second-order valence-corrected chi connectivity index (χ2v) is 3.91. The lowest BCUT2D eigenvalue weighted by Crippen LogP contribution is -2.27. The highest BCUT2D eigenvalue weighted by molar-refractivity contribution is 5.83. The van der Waals surface area contributed by atoms with Gasteiger partial charge in [-0.15, -0.1) is 0 Å². The molecule has 62 valence electrons. The fourth-order valence-electron chi connectivity index (χ4n) is 1.59. The first kappa shape index (κ1) is 8.76. The van der Waals surface area contributed by atoms with Crippen molar-refractivity contribution >= 4 is 5.78 Å². The van der Waals surface area contributed by atoms with Crippen LogP contribution in [0.1, 0.15) is 33.6 Å². The van der Waals surface area contributed by atoms with Crippen LogP contribution < -0.4 is 0 Å². The van der Waals surface area contributed by atoms with Crippen LogP contribution in [0.5, 0.6) is 0 Å². The summed E-state index contributed by atoms with van der Waals surface area (Å²) in [6.07, 6.45) is 5.02. The number of rotatable bonds is 1. The van der Waals surface area contributed by atoms with E-state index in [2.05, 4.69) is 27.2 Å². The average molecular weight is 152 g/mol. The molecule has 1 aliphatic rings. The van der Waals surface area contributed by atoms with Crippen molar-refractivity contribution < 1.29 is 4.79 Å². The zero-order chi connectivity index (χ0) is 8.43. The van der Waals surface area contributed by atoms with Crippen LogP contribution in [-0.2, 0) is 4.79 Å². The smallest absolute Gasteiger partial charge is 0.137 e.